The Bertz CT molecular complexity index is 879. The van der Waals surface area contributed by atoms with Crippen molar-refractivity contribution in [3.63, 3.8) is 0 Å². The molecule has 1 aliphatic rings. The Morgan fingerprint density at radius 3 is 2.80 bits per heavy atom. The van der Waals surface area contributed by atoms with E-state index < -0.39 is 6.10 Å². The Morgan fingerprint density at radius 1 is 1.08 bits per heavy atom. The zero-order valence-corrected chi connectivity index (χ0v) is 14.3. The fourth-order valence-corrected chi connectivity index (χ4v) is 3.46. The van der Waals surface area contributed by atoms with Gasteiger partial charge in [0, 0.05) is 6.54 Å². The van der Waals surface area contributed by atoms with Crippen LogP contribution in [0.3, 0.4) is 0 Å². The van der Waals surface area contributed by atoms with E-state index in [0.717, 1.165) is 36.0 Å². The van der Waals surface area contributed by atoms with Gasteiger partial charge in [-0.1, -0.05) is 0 Å². The van der Waals surface area contributed by atoms with E-state index in [1.165, 1.54) is 6.33 Å². The maximum Gasteiger partial charge on any atom is 0.261 e. The van der Waals surface area contributed by atoms with Crippen molar-refractivity contribution in [2.24, 2.45) is 0 Å². The molecule has 0 spiro atoms. The molecule has 0 radical (unpaired) electrons. The van der Waals surface area contributed by atoms with E-state index in [1.54, 1.807) is 23.5 Å². The molecular weight excluding hydrogens is 338 g/mol. The normalized spacial score (nSPS) is 17.8. The predicted octanol–water partition coefficient (Wildman–Crippen LogP) is 3.53. The number of nitrogens with one attached hydrogen (secondary N) is 1. The summed E-state index contributed by atoms with van der Waals surface area (Å²) in [5.74, 6) is 1.79. The maximum absolute atomic E-state index is 12.0. The monoisotopic (exact) mass is 355 g/mol. The molecule has 0 saturated carbocycles. The molecule has 0 aliphatic carbocycles. The van der Waals surface area contributed by atoms with Gasteiger partial charge in [-0.2, -0.15) is 0 Å². The molecule has 1 aliphatic heterocycles. The van der Waals surface area contributed by atoms with Crippen LogP contribution in [0, 0.1) is 0 Å². The number of hydrogen-bond acceptors (Lipinski definition) is 6. The van der Waals surface area contributed by atoms with Crippen molar-refractivity contribution in [3.05, 3.63) is 42.0 Å². The predicted molar refractivity (Wildman–Crippen MR) is 95.2 cm³/mol. The number of amides is 1. The summed E-state index contributed by atoms with van der Waals surface area (Å²) in [7, 11) is 0. The second-order valence-electron chi connectivity index (χ2n) is 5.79. The molecule has 1 atom stereocenters. The largest absolute Gasteiger partial charge is 0.481 e. The smallest absolute Gasteiger partial charge is 0.261 e. The summed E-state index contributed by atoms with van der Waals surface area (Å²) in [4.78, 5) is 21.3. The number of thiophene rings is 1. The van der Waals surface area contributed by atoms with Crippen LogP contribution in [0.15, 0.2) is 42.0 Å². The van der Waals surface area contributed by atoms with E-state index >= 15 is 0 Å². The number of nitrogens with zero attached hydrogens (tertiary/aromatic N) is 2. The zero-order valence-electron chi connectivity index (χ0n) is 13.5. The lowest BCUT2D eigenvalue weighted by Gasteiger charge is -2.16. The molecule has 6 nitrogen and oxygen atoms in total. The first-order valence-corrected chi connectivity index (χ1v) is 9.08. The van der Waals surface area contributed by atoms with E-state index in [0.29, 0.717) is 17.4 Å². The standard InChI is InChI=1S/C18H17N3O3S/c22-16-15(3-1-2-9-19-16)23-12-4-6-13(7-5-12)24-17-14-8-10-25-18(14)21-11-20-17/h4-8,10-11,15H,1-3,9H2,(H,19,22). The molecule has 1 aromatic carbocycles. The van der Waals surface area contributed by atoms with Gasteiger partial charge in [0.15, 0.2) is 6.10 Å². The molecule has 1 saturated heterocycles. The average molecular weight is 355 g/mol. The van der Waals surface area contributed by atoms with Crippen molar-refractivity contribution in [2.75, 3.05) is 6.54 Å². The summed E-state index contributed by atoms with van der Waals surface area (Å²) in [5.41, 5.74) is 0. The van der Waals surface area contributed by atoms with Gasteiger partial charge in [0.25, 0.3) is 5.91 Å². The topological polar surface area (TPSA) is 73.3 Å². The Kier molecular flexibility index (Phi) is 4.47. The fraction of sp³-hybridized carbons (Fsp3) is 0.278. The molecule has 0 bridgehead atoms. The number of fused-ring (bicyclic) bond motifs is 1. The third-order valence-electron chi connectivity index (χ3n) is 4.03. The quantitative estimate of drug-likeness (QED) is 0.775. The van der Waals surface area contributed by atoms with Gasteiger partial charge < -0.3 is 14.8 Å². The molecular formula is C18H17N3O3S. The molecule has 7 heteroatoms. The third-order valence-corrected chi connectivity index (χ3v) is 4.85. The molecule has 25 heavy (non-hydrogen) atoms. The molecule has 2 aromatic heterocycles. The summed E-state index contributed by atoms with van der Waals surface area (Å²) < 4.78 is 11.7. The second-order valence-corrected chi connectivity index (χ2v) is 6.68. The highest BCUT2D eigenvalue weighted by Crippen LogP contribution is 2.30. The molecule has 1 amide bonds. The van der Waals surface area contributed by atoms with E-state index in [4.69, 9.17) is 9.47 Å². The summed E-state index contributed by atoms with van der Waals surface area (Å²) >= 11 is 1.55. The minimum absolute atomic E-state index is 0.0429. The number of benzene rings is 1. The summed E-state index contributed by atoms with van der Waals surface area (Å²) in [6.07, 6.45) is 3.78. The molecule has 1 unspecified atom stereocenters. The lowest BCUT2D eigenvalue weighted by atomic mass is 10.2. The minimum atomic E-state index is -0.429. The number of carbonyl (C=O) groups excluding carboxylic acids is 1. The van der Waals surface area contributed by atoms with Crippen LogP contribution in [0.5, 0.6) is 17.4 Å². The van der Waals surface area contributed by atoms with Crippen LogP contribution >= 0.6 is 11.3 Å². The summed E-state index contributed by atoms with van der Waals surface area (Å²) in [6, 6.07) is 9.17. The summed E-state index contributed by atoms with van der Waals surface area (Å²) in [5, 5.41) is 5.72. The van der Waals surface area contributed by atoms with Gasteiger partial charge in [-0.3, -0.25) is 4.79 Å². The van der Waals surface area contributed by atoms with Crippen molar-refractivity contribution >= 4 is 27.5 Å². The first-order chi connectivity index (χ1) is 12.3. The van der Waals surface area contributed by atoms with Crippen molar-refractivity contribution in [1.82, 2.24) is 15.3 Å². The van der Waals surface area contributed by atoms with Gasteiger partial charge in [0.2, 0.25) is 5.88 Å². The van der Waals surface area contributed by atoms with Crippen LogP contribution in [0.25, 0.3) is 10.2 Å². The van der Waals surface area contributed by atoms with E-state index in [2.05, 4.69) is 15.3 Å². The van der Waals surface area contributed by atoms with Crippen LogP contribution in [0.2, 0.25) is 0 Å². The molecule has 128 valence electrons. The van der Waals surface area contributed by atoms with Crippen LogP contribution in [0.1, 0.15) is 19.3 Å². The lowest BCUT2D eigenvalue weighted by molar-refractivity contribution is -0.127. The second kappa shape index (κ2) is 7.06. The molecule has 4 rings (SSSR count). The summed E-state index contributed by atoms with van der Waals surface area (Å²) in [6.45, 7) is 0.724. The maximum atomic E-state index is 12.0. The average Bonchev–Trinajstić information content (AvgIpc) is 3.03. The number of hydrogen-bond donors (Lipinski definition) is 1. The van der Waals surface area contributed by atoms with Crippen LogP contribution in [-0.4, -0.2) is 28.5 Å². The van der Waals surface area contributed by atoms with Gasteiger partial charge in [-0.25, -0.2) is 9.97 Å². The van der Waals surface area contributed by atoms with E-state index in [9.17, 15) is 4.79 Å². The highest BCUT2D eigenvalue weighted by atomic mass is 32.1. The van der Waals surface area contributed by atoms with Crippen LogP contribution in [-0.2, 0) is 4.79 Å². The van der Waals surface area contributed by atoms with Crippen LogP contribution in [0.4, 0.5) is 0 Å². The van der Waals surface area contributed by atoms with Crippen molar-refractivity contribution < 1.29 is 14.3 Å². The van der Waals surface area contributed by atoms with E-state index in [1.807, 2.05) is 23.6 Å². The molecule has 3 heterocycles. The first kappa shape index (κ1) is 15.8. The Hall–Kier alpha value is -2.67. The first-order valence-electron chi connectivity index (χ1n) is 8.20. The van der Waals surface area contributed by atoms with Crippen molar-refractivity contribution in [3.8, 4) is 17.4 Å². The van der Waals surface area contributed by atoms with Gasteiger partial charge in [0.05, 0.1) is 5.39 Å². The number of aromatic nitrogens is 2. The Labute approximate surface area is 148 Å². The van der Waals surface area contributed by atoms with Crippen molar-refractivity contribution in [2.45, 2.75) is 25.4 Å². The molecule has 1 N–H and O–H groups in total. The zero-order chi connectivity index (χ0) is 17.1. The highest BCUT2D eigenvalue weighted by molar-refractivity contribution is 7.16. The highest BCUT2D eigenvalue weighted by Gasteiger charge is 2.22. The fourth-order valence-electron chi connectivity index (χ4n) is 2.73. The SMILES string of the molecule is O=C1NCCCCC1Oc1ccc(Oc2ncnc3sccc23)cc1. The third kappa shape index (κ3) is 3.56. The van der Waals surface area contributed by atoms with E-state index in [-0.39, 0.29) is 5.91 Å². The Balaban J connectivity index is 1.46. The lowest BCUT2D eigenvalue weighted by Crippen LogP contribution is -2.36. The van der Waals surface area contributed by atoms with Gasteiger partial charge in [0.1, 0.15) is 22.7 Å². The number of rotatable bonds is 4. The van der Waals surface area contributed by atoms with Gasteiger partial charge in [-0.05, 0) is 55.0 Å². The number of ether oxygens (including phenoxy) is 2. The molecule has 1 fully saturated rings. The van der Waals surface area contributed by atoms with Crippen LogP contribution < -0.4 is 14.8 Å². The van der Waals surface area contributed by atoms with Gasteiger partial charge >= 0.3 is 0 Å². The minimum Gasteiger partial charge on any atom is -0.481 e. The molecule has 3 aromatic rings. The Morgan fingerprint density at radius 2 is 1.92 bits per heavy atom. The van der Waals surface area contributed by atoms with Crippen molar-refractivity contribution in [1.29, 1.82) is 0 Å². The number of carbonyl (C=O) groups is 1. The van der Waals surface area contributed by atoms with Gasteiger partial charge in [-0.15, -0.1) is 11.3 Å².